The second-order valence-electron chi connectivity index (χ2n) is 8.22. The summed E-state index contributed by atoms with van der Waals surface area (Å²) in [7, 11) is 0. The fraction of sp³-hybridized carbons (Fsp3) is 0.737. The van der Waals surface area contributed by atoms with Gasteiger partial charge in [-0.15, -0.1) is 5.10 Å². The monoisotopic (exact) mass is 503 g/mol. The Morgan fingerprint density at radius 1 is 1.14 bits per heavy atom. The summed E-state index contributed by atoms with van der Waals surface area (Å²) in [5.74, 6) is -2.10. The van der Waals surface area contributed by atoms with Gasteiger partial charge in [0, 0.05) is 19.3 Å². The number of rotatable bonds is 11. The van der Waals surface area contributed by atoms with Crippen molar-refractivity contribution in [1.82, 2.24) is 20.1 Å². The van der Waals surface area contributed by atoms with Crippen LogP contribution in [0.2, 0.25) is 0 Å². The molecule has 2 fully saturated rings. The molecule has 16 heteroatoms. The molecular weight excluding hydrogens is 474 g/mol. The molecule has 0 spiro atoms. The molecular formula is C19H29N5O11. The number of carbonyl (C=O) groups is 3. The van der Waals surface area contributed by atoms with Gasteiger partial charge in [0.1, 0.15) is 43.4 Å². The van der Waals surface area contributed by atoms with Crippen LogP contribution in [0.15, 0.2) is 6.33 Å². The first-order chi connectivity index (χ1) is 16.6. The maximum atomic E-state index is 12.1. The van der Waals surface area contributed by atoms with Gasteiger partial charge in [0.25, 0.3) is 5.91 Å². The molecule has 2 amide bonds. The standard InChI is InChI=1S/C19H29N5O11/c20-17(31)18-21-7-24(23-18)13-3-9(27)11(34-13)6-33-5-8(26)1-2-12(28)22-14-16(30)15(29)10(4-25)35-19(14)32/h7,9-11,13-16,19,25,27,29-30,32H,1-6H2,(H2,20,31)(H,22,28)/t9-,10?,11?,13?,14?,15?,16?,19-/m0/s1. The first-order valence-electron chi connectivity index (χ1n) is 10.8. The topological polar surface area (TPSA) is 249 Å². The number of aliphatic hydroxyl groups is 5. The lowest BCUT2D eigenvalue weighted by Gasteiger charge is -2.40. The number of aliphatic hydroxyl groups excluding tert-OH is 5. The molecule has 8 N–H and O–H groups in total. The molecule has 0 bridgehead atoms. The minimum atomic E-state index is -1.66. The van der Waals surface area contributed by atoms with E-state index in [2.05, 4.69) is 15.4 Å². The van der Waals surface area contributed by atoms with Gasteiger partial charge in [-0.1, -0.05) is 0 Å². The van der Waals surface area contributed by atoms with Crippen molar-refractivity contribution in [2.45, 2.75) is 68.3 Å². The van der Waals surface area contributed by atoms with E-state index in [-0.39, 0.29) is 38.3 Å². The molecule has 6 unspecified atom stereocenters. The fourth-order valence-electron chi connectivity index (χ4n) is 3.68. The summed E-state index contributed by atoms with van der Waals surface area (Å²) in [6.45, 7) is -1.10. The maximum Gasteiger partial charge on any atom is 0.288 e. The molecule has 3 rings (SSSR count). The quantitative estimate of drug-likeness (QED) is 0.150. The van der Waals surface area contributed by atoms with Gasteiger partial charge in [0.2, 0.25) is 11.7 Å². The number of hydrogen-bond donors (Lipinski definition) is 7. The van der Waals surface area contributed by atoms with Crippen LogP contribution in [0.3, 0.4) is 0 Å². The first kappa shape index (κ1) is 27.0. The Labute approximate surface area is 198 Å². The van der Waals surface area contributed by atoms with Gasteiger partial charge in [-0.3, -0.25) is 14.4 Å². The summed E-state index contributed by atoms with van der Waals surface area (Å²) in [5.41, 5.74) is 5.10. The number of amides is 2. The lowest BCUT2D eigenvalue weighted by atomic mass is 9.97. The second kappa shape index (κ2) is 11.9. The van der Waals surface area contributed by atoms with Crippen LogP contribution in [-0.4, -0.2) is 121 Å². The van der Waals surface area contributed by atoms with E-state index in [0.29, 0.717) is 0 Å². The largest absolute Gasteiger partial charge is 0.394 e. The van der Waals surface area contributed by atoms with Crippen LogP contribution in [-0.2, 0) is 23.8 Å². The molecule has 0 aliphatic carbocycles. The predicted molar refractivity (Wildman–Crippen MR) is 110 cm³/mol. The summed E-state index contributed by atoms with van der Waals surface area (Å²) in [5, 5.41) is 55.1. The van der Waals surface area contributed by atoms with Gasteiger partial charge >= 0.3 is 0 Å². The van der Waals surface area contributed by atoms with E-state index in [1.807, 2.05) is 0 Å². The number of hydrogen-bond acceptors (Lipinski definition) is 13. The predicted octanol–water partition coefficient (Wildman–Crippen LogP) is -4.69. The van der Waals surface area contributed by atoms with Gasteiger partial charge in [-0.25, -0.2) is 9.67 Å². The van der Waals surface area contributed by atoms with E-state index >= 15 is 0 Å². The molecule has 16 nitrogen and oxygen atoms in total. The SMILES string of the molecule is NC(=O)c1ncn(C2C[C@H](O)C(COCC(=O)CCC(=O)NC3C(O)C(O)C(CO)O[C@@H]3O)O2)n1. The molecule has 0 saturated carbocycles. The number of Topliss-reactive ketones (excluding diaryl/α,β-unsaturated/α-hetero) is 1. The van der Waals surface area contributed by atoms with E-state index in [1.165, 1.54) is 11.0 Å². The number of carbonyl (C=O) groups excluding carboxylic acids is 3. The Bertz CT molecular complexity index is 898. The highest BCUT2D eigenvalue weighted by Crippen LogP contribution is 2.28. The maximum absolute atomic E-state index is 12.1. The van der Waals surface area contributed by atoms with Crippen LogP contribution in [0, 0.1) is 0 Å². The van der Waals surface area contributed by atoms with Gasteiger partial charge < -0.3 is 50.8 Å². The zero-order valence-corrected chi connectivity index (χ0v) is 18.5. The van der Waals surface area contributed by atoms with Crippen molar-refractivity contribution in [2.24, 2.45) is 5.73 Å². The zero-order valence-electron chi connectivity index (χ0n) is 18.5. The van der Waals surface area contributed by atoms with E-state index in [9.17, 15) is 34.8 Å². The zero-order chi connectivity index (χ0) is 25.7. The lowest BCUT2D eigenvalue weighted by Crippen LogP contribution is -2.64. The van der Waals surface area contributed by atoms with Gasteiger partial charge in [-0.05, 0) is 0 Å². The smallest absolute Gasteiger partial charge is 0.288 e. The molecule has 196 valence electrons. The molecule has 1 aromatic rings. The third-order valence-electron chi connectivity index (χ3n) is 5.63. The van der Waals surface area contributed by atoms with Crippen LogP contribution in [0.25, 0.3) is 0 Å². The van der Waals surface area contributed by atoms with Crippen molar-refractivity contribution in [1.29, 1.82) is 0 Å². The van der Waals surface area contributed by atoms with Crippen LogP contribution >= 0.6 is 0 Å². The summed E-state index contributed by atoms with van der Waals surface area (Å²) < 4.78 is 17.1. The summed E-state index contributed by atoms with van der Waals surface area (Å²) in [6, 6.07) is -1.34. The highest BCUT2D eigenvalue weighted by atomic mass is 16.6. The van der Waals surface area contributed by atoms with E-state index in [0.717, 1.165) is 0 Å². The summed E-state index contributed by atoms with van der Waals surface area (Å²) >= 11 is 0. The van der Waals surface area contributed by atoms with Crippen molar-refractivity contribution < 1.29 is 54.1 Å². The summed E-state index contributed by atoms with van der Waals surface area (Å²) in [4.78, 5) is 39.0. The molecule has 2 aliphatic rings. The normalized spacial score (nSPS) is 32.9. The van der Waals surface area contributed by atoms with Crippen LogP contribution in [0.1, 0.15) is 36.1 Å². The number of ether oxygens (including phenoxy) is 3. The fourth-order valence-corrected chi connectivity index (χ4v) is 3.68. The Balaban J connectivity index is 1.36. The highest BCUT2D eigenvalue weighted by Gasteiger charge is 2.44. The third-order valence-corrected chi connectivity index (χ3v) is 5.63. The van der Waals surface area contributed by atoms with Crippen LogP contribution in [0.4, 0.5) is 0 Å². The van der Waals surface area contributed by atoms with Crippen LogP contribution < -0.4 is 11.1 Å². The minimum absolute atomic E-state index is 0.116. The Hall–Kier alpha value is -2.57. The first-order valence-corrected chi connectivity index (χ1v) is 10.8. The third kappa shape index (κ3) is 6.77. The molecule has 0 aromatic carbocycles. The molecule has 8 atom stereocenters. The van der Waals surface area contributed by atoms with Crippen molar-refractivity contribution in [2.75, 3.05) is 19.8 Å². The lowest BCUT2D eigenvalue weighted by molar-refractivity contribution is -0.253. The second-order valence-corrected chi connectivity index (χ2v) is 8.22. The van der Waals surface area contributed by atoms with Gasteiger partial charge in [0.05, 0.1) is 19.3 Å². The number of primary amides is 1. The van der Waals surface area contributed by atoms with E-state index in [1.54, 1.807) is 0 Å². The van der Waals surface area contributed by atoms with Crippen molar-refractivity contribution >= 4 is 17.6 Å². The van der Waals surface area contributed by atoms with Gasteiger partial charge in [-0.2, -0.15) is 0 Å². The van der Waals surface area contributed by atoms with Crippen molar-refractivity contribution in [3.8, 4) is 0 Å². The molecule has 3 heterocycles. The van der Waals surface area contributed by atoms with Crippen LogP contribution in [0.5, 0.6) is 0 Å². The molecule has 0 radical (unpaired) electrons. The Kier molecular flexibility index (Phi) is 9.20. The number of nitrogens with two attached hydrogens (primary N) is 1. The Morgan fingerprint density at radius 3 is 2.54 bits per heavy atom. The number of nitrogens with one attached hydrogen (secondary N) is 1. The molecule has 2 saturated heterocycles. The average Bonchev–Trinajstić information content (AvgIpc) is 3.45. The number of aromatic nitrogens is 3. The van der Waals surface area contributed by atoms with E-state index < -0.39 is 73.3 Å². The molecule has 1 aromatic heterocycles. The summed E-state index contributed by atoms with van der Waals surface area (Å²) in [6.07, 6.45) is -7.43. The molecule has 35 heavy (non-hydrogen) atoms. The van der Waals surface area contributed by atoms with Gasteiger partial charge in [0.15, 0.2) is 18.3 Å². The van der Waals surface area contributed by atoms with Crippen molar-refractivity contribution in [3.63, 3.8) is 0 Å². The number of ketones is 1. The van der Waals surface area contributed by atoms with Crippen molar-refractivity contribution in [3.05, 3.63) is 12.2 Å². The highest BCUT2D eigenvalue weighted by molar-refractivity contribution is 5.88. The Morgan fingerprint density at radius 2 is 1.89 bits per heavy atom. The number of nitrogens with zero attached hydrogens (tertiary/aromatic N) is 3. The van der Waals surface area contributed by atoms with E-state index in [4.69, 9.17) is 25.1 Å². The minimum Gasteiger partial charge on any atom is -0.394 e. The molecule has 2 aliphatic heterocycles. The average molecular weight is 503 g/mol.